The molecule has 0 aliphatic rings. The van der Waals surface area contributed by atoms with Crippen molar-refractivity contribution < 1.29 is 9.21 Å². The molecule has 4 nitrogen and oxygen atoms in total. The zero-order valence-corrected chi connectivity index (χ0v) is 14.0. The van der Waals surface area contributed by atoms with Crippen molar-refractivity contribution in [2.45, 2.75) is 0 Å². The van der Waals surface area contributed by atoms with Crippen molar-refractivity contribution in [2.75, 3.05) is 0 Å². The number of benzene rings is 2. The van der Waals surface area contributed by atoms with Gasteiger partial charge in [-0.15, -0.1) is 11.3 Å². The van der Waals surface area contributed by atoms with E-state index in [2.05, 4.69) is 4.99 Å². The summed E-state index contributed by atoms with van der Waals surface area (Å²) in [5.74, 6) is -0.162. The van der Waals surface area contributed by atoms with Gasteiger partial charge in [-0.2, -0.15) is 4.99 Å². The number of carbonyl (C=O) groups excluding carboxylic acids is 1. The van der Waals surface area contributed by atoms with E-state index in [0.717, 1.165) is 16.9 Å². The molecule has 0 spiro atoms. The van der Waals surface area contributed by atoms with Gasteiger partial charge < -0.3 is 4.42 Å². The molecule has 4 aromatic rings. The summed E-state index contributed by atoms with van der Waals surface area (Å²) >= 11 is 1.43. The fourth-order valence-electron chi connectivity index (χ4n) is 2.57. The van der Waals surface area contributed by atoms with Crippen LogP contribution >= 0.6 is 11.3 Å². The minimum absolute atomic E-state index is 0.231. The summed E-state index contributed by atoms with van der Waals surface area (Å²) in [4.78, 5) is 17.2. The number of furan rings is 1. The number of para-hydroxylation sites is 1. The van der Waals surface area contributed by atoms with Crippen LogP contribution in [-0.2, 0) is 0 Å². The normalized spacial score (nSPS) is 11.6. The Kier molecular flexibility index (Phi) is 4.14. The minimum Gasteiger partial charge on any atom is -0.459 e. The summed E-state index contributed by atoms with van der Waals surface area (Å²) in [5.41, 5.74) is 3.01. The van der Waals surface area contributed by atoms with E-state index in [4.69, 9.17) is 4.42 Å². The highest BCUT2D eigenvalue weighted by Gasteiger charge is 2.12. The van der Waals surface area contributed by atoms with E-state index in [9.17, 15) is 4.79 Å². The van der Waals surface area contributed by atoms with Crippen molar-refractivity contribution in [3.8, 4) is 16.9 Å². The Hall–Kier alpha value is -3.18. The van der Waals surface area contributed by atoms with Crippen LogP contribution in [-0.4, -0.2) is 10.5 Å². The first kappa shape index (κ1) is 15.4. The van der Waals surface area contributed by atoms with E-state index in [-0.39, 0.29) is 5.76 Å². The lowest BCUT2D eigenvalue weighted by molar-refractivity contribution is 0.0971. The summed E-state index contributed by atoms with van der Waals surface area (Å²) in [6.45, 7) is 0. The molecule has 2 aromatic carbocycles. The summed E-state index contributed by atoms with van der Waals surface area (Å²) in [7, 11) is 0. The SMILES string of the molecule is O=C(N=c1scc(-c2ccccc2)n1-c1ccccc1)c1ccco1. The van der Waals surface area contributed by atoms with E-state index >= 15 is 0 Å². The molecule has 0 radical (unpaired) electrons. The van der Waals surface area contributed by atoms with Gasteiger partial charge in [-0.3, -0.25) is 9.36 Å². The average molecular weight is 346 g/mol. The van der Waals surface area contributed by atoms with Crippen LogP contribution < -0.4 is 4.80 Å². The number of nitrogens with zero attached hydrogens (tertiary/aromatic N) is 2. The van der Waals surface area contributed by atoms with Gasteiger partial charge in [0.2, 0.25) is 0 Å². The molecule has 0 fully saturated rings. The Balaban J connectivity index is 1.91. The lowest BCUT2D eigenvalue weighted by Crippen LogP contribution is -2.16. The number of carbonyl (C=O) groups is 1. The van der Waals surface area contributed by atoms with Gasteiger partial charge in [-0.05, 0) is 29.8 Å². The van der Waals surface area contributed by atoms with Crippen LogP contribution in [0.1, 0.15) is 10.6 Å². The molecule has 5 heteroatoms. The van der Waals surface area contributed by atoms with Gasteiger partial charge in [0.25, 0.3) is 0 Å². The maximum Gasteiger partial charge on any atom is 0.315 e. The van der Waals surface area contributed by atoms with Crippen LogP contribution in [0.15, 0.2) is 93.8 Å². The van der Waals surface area contributed by atoms with E-state index in [0.29, 0.717) is 4.80 Å². The van der Waals surface area contributed by atoms with Crippen LogP contribution in [0, 0.1) is 0 Å². The monoisotopic (exact) mass is 346 g/mol. The summed E-state index contributed by atoms with van der Waals surface area (Å²) in [6.07, 6.45) is 1.47. The highest BCUT2D eigenvalue weighted by Crippen LogP contribution is 2.23. The van der Waals surface area contributed by atoms with Gasteiger partial charge >= 0.3 is 5.91 Å². The van der Waals surface area contributed by atoms with Crippen molar-refractivity contribution in [1.29, 1.82) is 0 Å². The molecule has 1 amide bonds. The van der Waals surface area contributed by atoms with Crippen LogP contribution in [0.25, 0.3) is 16.9 Å². The Morgan fingerprint density at radius 1 is 0.920 bits per heavy atom. The van der Waals surface area contributed by atoms with Crippen molar-refractivity contribution in [3.63, 3.8) is 0 Å². The van der Waals surface area contributed by atoms with Crippen molar-refractivity contribution in [3.05, 3.63) is 95.0 Å². The third-order valence-electron chi connectivity index (χ3n) is 3.72. The van der Waals surface area contributed by atoms with Crippen LogP contribution in [0.2, 0.25) is 0 Å². The van der Waals surface area contributed by atoms with Gasteiger partial charge in [0.15, 0.2) is 10.6 Å². The zero-order chi connectivity index (χ0) is 17.1. The lowest BCUT2D eigenvalue weighted by atomic mass is 10.1. The van der Waals surface area contributed by atoms with E-state index in [1.165, 1.54) is 17.6 Å². The zero-order valence-electron chi connectivity index (χ0n) is 13.2. The molecule has 4 rings (SSSR count). The van der Waals surface area contributed by atoms with Crippen molar-refractivity contribution in [1.82, 2.24) is 4.57 Å². The standard InChI is InChI=1S/C20H14N2O2S/c23-19(18-12-7-13-24-18)21-20-22(16-10-5-2-6-11-16)17(14-25-20)15-8-3-1-4-9-15/h1-14H. The van der Waals surface area contributed by atoms with Gasteiger partial charge in [-0.1, -0.05) is 48.5 Å². The number of thiazole rings is 1. The number of rotatable bonds is 3. The second-order valence-corrected chi connectivity index (χ2v) is 6.17. The molecule has 25 heavy (non-hydrogen) atoms. The Morgan fingerprint density at radius 2 is 1.64 bits per heavy atom. The van der Waals surface area contributed by atoms with Gasteiger partial charge in [0, 0.05) is 11.1 Å². The molecule has 0 atom stereocenters. The number of hydrogen-bond donors (Lipinski definition) is 0. The highest BCUT2D eigenvalue weighted by atomic mass is 32.1. The first-order valence-electron chi connectivity index (χ1n) is 7.77. The van der Waals surface area contributed by atoms with Crippen LogP contribution in [0.3, 0.4) is 0 Å². The van der Waals surface area contributed by atoms with Crippen molar-refractivity contribution >= 4 is 17.2 Å². The number of amides is 1. The van der Waals surface area contributed by atoms with Crippen molar-refractivity contribution in [2.24, 2.45) is 4.99 Å². The summed E-state index contributed by atoms with van der Waals surface area (Å²) in [5, 5.41) is 2.01. The van der Waals surface area contributed by atoms with Gasteiger partial charge in [0.1, 0.15) is 0 Å². The minimum atomic E-state index is -0.392. The number of aromatic nitrogens is 1. The summed E-state index contributed by atoms with van der Waals surface area (Å²) < 4.78 is 7.14. The lowest BCUT2D eigenvalue weighted by Gasteiger charge is -2.08. The maximum atomic E-state index is 12.3. The second kappa shape index (κ2) is 6.75. The third-order valence-corrected chi connectivity index (χ3v) is 4.55. The van der Waals surface area contributed by atoms with Gasteiger partial charge in [0.05, 0.1) is 12.0 Å². The second-order valence-electron chi connectivity index (χ2n) is 5.33. The Bertz CT molecular complexity index is 1050. The largest absolute Gasteiger partial charge is 0.459 e. The maximum absolute atomic E-state index is 12.3. The fourth-order valence-corrected chi connectivity index (χ4v) is 3.47. The highest BCUT2D eigenvalue weighted by molar-refractivity contribution is 7.07. The molecule has 0 unspecified atom stereocenters. The van der Waals surface area contributed by atoms with Crippen LogP contribution in [0.4, 0.5) is 0 Å². The molecule has 2 heterocycles. The quantitative estimate of drug-likeness (QED) is 0.547. The third kappa shape index (κ3) is 3.09. The van der Waals surface area contributed by atoms with E-state index < -0.39 is 5.91 Å². The molecule has 0 saturated carbocycles. The molecule has 2 aromatic heterocycles. The van der Waals surface area contributed by atoms with E-state index in [1.54, 1.807) is 12.1 Å². The van der Waals surface area contributed by atoms with Crippen LogP contribution in [0.5, 0.6) is 0 Å². The first-order valence-corrected chi connectivity index (χ1v) is 8.65. The molecular weight excluding hydrogens is 332 g/mol. The molecule has 0 aliphatic heterocycles. The molecule has 0 bridgehead atoms. The fraction of sp³-hybridized carbons (Fsp3) is 0. The predicted octanol–water partition coefficient (Wildman–Crippen LogP) is 4.54. The summed E-state index contributed by atoms with van der Waals surface area (Å²) in [6, 6.07) is 23.2. The molecular formula is C20H14N2O2S. The first-order chi connectivity index (χ1) is 12.3. The predicted molar refractivity (Wildman–Crippen MR) is 97.7 cm³/mol. The average Bonchev–Trinajstić information content (AvgIpc) is 3.33. The van der Waals surface area contributed by atoms with E-state index in [1.807, 2.05) is 70.6 Å². The Labute approximate surface area is 148 Å². The molecule has 122 valence electrons. The van der Waals surface area contributed by atoms with Gasteiger partial charge in [-0.25, -0.2) is 0 Å². The number of hydrogen-bond acceptors (Lipinski definition) is 3. The molecule has 0 N–H and O–H groups in total. The smallest absolute Gasteiger partial charge is 0.315 e. The molecule has 0 aliphatic carbocycles. The molecule has 0 saturated heterocycles. The Morgan fingerprint density at radius 3 is 2.32 bits per heavy atom. The topological polar surface area (TPSA) is 47.5 Å².